The van der Waals surface area contributed by atoms with Gasteiger partial charge in [0.1, 0.15) is 0 Å². The van der Waals surface area contributed by atoms with Gasteiger partial charge in [0.2, 0.25) is 0 Å². The molecule has 1 N–H and O–H groups in total. The normalized spacial score (nSPS) is 26.0. The molecule has 0 spiro atoms. The molecule has 1 aromatic rings. The molecule has 2 rings (SSSR count). The summed E-state index contributed by atoms with van der Waals surface area (Å²) in [6, 6.07) is 11.6. The van der Waals surface area contributed by atoms with Crippen LogP contribution in [0.25, 0.3) is 0 Å². The van der Waals surface area contributed by atoms with E-state index in [1.807, 2.05) is 0 Å². The Bertz CT molecular complexity index is 320. The summed E-state index contributed by atoms with van der Waals surface area (Å²) in [4.78, 5) is 0. The quantitative estimate of drug-likeness (QED) is 0.815. The topological polar surface area (TPSA) is 12.0 Å². The average Bonchev–Trinajstić information content (AvgIpc) is 2.76. The van der Waals surface area contributed by atoms with Crippen LogP contribution in [0.15, 0.2) is 30.3 Å². The highest BCUT2D eigenvalue weighted by Crippen LogP contribution is 2.34. The van der Waals surface area contributed by atoms with E-state index in [0.717, 1.165) is 18.4 Å². The van der Waals surface area contributed by atoms with Crippen LogP contribution in [-0.2, 0) is 6.42 Å². The van der Waals surface area contributed by atoms with Crippen molar-refractivity contribution in [2.75, 3.05) is 6.54 Å². The highest BCUT2D eigenvalue weighted by atomic mass is 14.9. The zero-order valence-electron chi connectivity index (χ0n) is 11.2. The molecule has 3 unspecified atom stereocenters. The Balaban J connectivity index is 2.02. The van der Waals surface area contributed by atoms with Gasteiger partial charge < -0.3 is 5.32 Å². The molecule has 0 radical (unpaired) electrons. The van der Waals surface area contributed by atoms with E-state index >= 15 is 0 Å². The molecule has 0 bridgehead atoms. The van der Waals surface area contributed by atoms with Gasteiger partial charge >= 0.3 is 0 Å². The predicted octanol–water partition coefficient (Wildman–Crippen LogP) is 3.64. The maximum absolute atomic E-state index is 3.70. The molecule has 0 heterocycles. The van der Waals surface area contributed by atoms with Crippen molar-refractivity contribution in [1.82, 2.24) is 5.32 Å². The van der Waals surface area contributed by atoms with E-state index in [0.29, 0.717) is 6.04 Å². The van der Waals surface area contributed by atoms with Gasteiger partial charge in [0.05, 0.1) is 0 Å². The molecule has 0 aromatic heterocycles. The SMILES string of the molecule is CCNC(Cc1ccccc1)C1CCCC1C. The third-order valence-electron chi connectivity index (χ3n) is 4.21. The number of hydrogen-bond acceptors (Lipinski definition) is 1. The maximum atomic E-state index is 3.70. The Labute approximate surface area is 106 Å². The first-order valence-electron chi connectivity index (χ1n) is 7.08. The summed E-state index contributed by atoms with van der Waals surface area (Å²) in [5, 5.41) is 3.70. The van der Waals surface area contributed by atoms with E-state index in [9.17, 15) is 0 Å². The summed E-state index contributed by atoms with van der Waals surface area (Å²) in [6.45, 7) is 5.73. The van der Waals surface area contributed by atoms with Gasteiger partial charge in [-0.1, -0.05) is 57.0 Å². The van der Waals surface area contributed by atoms with Crippen molar-refractivity contribution in [3.63, 3.8) is 0 Å². The molecule has 1 aliphatic rings. The number of hydrogen-bond donors (Lipinski definition) is 1. The lowest BCUT2D eigenvalue weighted by Gasteiger charge is -2.28. The van der Waals surface area contributed by atoms with Crippen LogP contribution in [0.5, 0.6) is 0 Å². The number of rotatable bonds is 5. The first kappa shape index (κ1) is 12.6. The van der Waals surface area contributed by atoms with Crippen LogP contribution >= 0.6 is 0 Å². The average molecular weight is 231 g/mol. The van der Waals surface area contributed by atoms with Gasteiger partial charge in [0, 0.05) is 6.04 Å². The predicted molar refractivity (Wildman–Crippen MR) is 74.1 cm³/mol. The second-order valence-corrected chi connectivity index (χ2v) is 5.43. The fraction of sp³-hybridized carbons (Fsp3) is 0.625. The lowest BCUT2D eigenvalue weighted by atomic mass is 9.86. The summed E-state index contributed by atoms with van der Waals surface area (Å²) < 4.78 is 0. The smallest absolute Gasteiger partial charge is 0.0138 e. The monoisotopic (exact) mass is 231 g/mol. The van der Waals surface area contributed by atoms with Crippen LogP contribution in [0.4, 0.5) is 0 Å². The molecule has 0 amide bonds. The molecular weight excluding hydrogens is 206 g/mol. The molecule has 1 aliphatic carbocycles. The molecule has 0 aliphatic heterocycles. The Morgan fingerprint density at radius 2 is 2.00 bits per heavy atom. The number of likely N-dealkylation sites (N-methyl/N-ethyl adjacent to an activating group) is 1. The van der Waals surface area contributed by atoms with Crippen LogP contribution in [-0.4, -0.2) is 12.6 Å². The van der Waals surface area contributed by atoms with Gasteiger partial charge in [-0.05, 0) is 36.8 Å². The van der Waals surface area contributed by atoms with Gasteiger partial charge in [-0.15, -0.1) is 0 Å². The van der Waals surface area contributed by atoms with Crippen molar-refractivity contribution < 1.29 is 0 Å². The zero-order chi connectivity index (χ0) is 12.1. The number of benzene rings is 1. The van der Waals surface area contributed by atoms with E-state index in [1.165, 1.54) is 31.2 Å². The Hall–Kier alpha value is -0.820. The third-order valence-corrected chi connectivity index (χ3v) is 4.21. The molecule has 17 heavy (non-hydrogen) atoms. The van der Waals surface area contributed by atoms with Crippen molar-refractivity contribution in [3.05, 3.63) is 35.9 Å². The van der Waals surface area contributed by atoms with Crippen LogP contribution in [0.1, 0.15) is 38.7 Å². The molecule has 1 saturated carbocycles. The summed E-state index contributed by atoms with van der Waals surface area (Å²) in [6.07, 6.45) is 5.43. The largest absolute Gasteiger partial charge is 0.314 e. The van der Waals surface area contributed by atoms with Crippen molar-refractivity contribution in [2.24, 2.45) is 11.8 Å². The van der Waals surface area contributed by atoms with Crippen LogP contribution in [0.2, 0.25) is 0 Å². The van der Waals surface area contributed by atoms with E-state index in [2.05, 4.69) is 49.5 Å². The summed E-state index contributed by atoms with van der Waals surface area (Å²) in [5.41, 5.74) is 1.47. The second kappa shape index (κ2) is 6.20. The summed E-state index contributed by atoms with van der Waals surface area (Å²) in [5.74, 6) is 1.76. The lowest BCUT2D eigenvalue weighted by Crippen LogP contribution is -2.39. The molecule has 1 aromatic carbocycles. The first-order chi connectivity index (χ1) is 8.31. The van der Waals surface area contributed by atoms with Crippen molar-refractivity contribution in [1.29, 1.82) is 0 Å². The highest BCUT2D eigenvalue weighted by molar-refractivity contribution is 5.16. The fourth-order valence-corrected chi connectivity index (χ4v) is 3.28. The second-order valence-electron chi connectivity index (χ2n) is 5.43. The standard InChI is InChI=1S/C16H25N/c1-3-17-16(15-11-7-8-13(15)2)12-14-9-5-4-6-10-14/h4-6,9-10,13,15-17H,3,7-8,11-12H2,1-2H3. The number of nitrogens with one attached hydrogen (secondary N) is 1. The summed E-state index contributed by atoms with van der Waals surface area (Å²) in [7, 11) is 0. The van der Waals surface area contributed by atoms with Crippen LogP contribution in [0.3, 0.4) is 0 Å². The molecule has 1 nitrogen and oxygen atoms in total. The molecular formula is C16H25N. The fourth-order valence-electron chi connectivity index (χ4n) is 3.28. The van der Waals surface area contributed by atoms with Gasteiger partial charge in [-0.3, -0.25) is 0 Å². The minimum atomic E-state index is 0.667. The molecule has 1 heteroatoms. The first-order valence-corrected chi connectivity index (χ1v) is 7.08. The minimum Gasteiger partial charge on any atom is -0.314 e. The van der Waals surface area contributed by atoms with Gasteiger partial charge in [-0.2, -0.15) is 0 Å². The minimum absolute atomic E-state index is 0.667. The Morgan fingerprint density at radius 1 is 1.24 bits per heavy atom. The van der Waals surface area contributed by atoms with Gasteiger partial charge in [0.25, 0.3) is 0 Å². The molecule has 1 fully saturated rings. The highest BCUT2D eigenvalue weighted by Gasteiger charge is 2.30. The van der Waals surface area contributed by atoms with Gasteiger partial charge in [0.15, 0.2) is 0 Å². The van der Waals surface area contributed by atoms with Crippen LogP contribution in [0, 0.1) is 11.8 Å². The Morgan fingerprint density at radius 3 is 2.59 bits per heavy atom. The molecule has 94 valence electrons. The van der Waals surface area contributed by atoms with Gasteiger partial charge in [-0.25, -0.2) is 0 Å². The molecule has 3 atom stereocenters. The van der Waals surface area contributed by atoms with Crippen LogP contribution < -0.4 is 5.32 Å². The van der Waals surface area contributed by atoms with E-state index < -0.39 is 0 Å². The Kier molecular flexibility index (Phi) is 4.61. The van der Waals surface area contributed by atoms with E-state index in [1.54, 1.807) is 0 Å². The van der Waals surface area contributed by atoms with E-state index in [4.69, 9.17) is 0 Å². The zero-order valence-corrected chi connectivity index (χ0v) is 11.2. The van der Waals surface area contributed by atoms with Crippen molar-refractivity contribution in [3.8, 4) is 0 Å². The van der Waals surface area contributed by atoms with Crippen molar-refractivity contribution >= 4 is 0 Å². The van der Waals surface area contributed by atoms with Crippen molar-refractivity contribution in [2.45, 2.75) is 45.6 Å². The maximum Gasteiger partial charge on any atom is 0.0138 e. The summed E-state index contributed by atoms with van der Waals surface area (Å²) >= 11 is 0. The molecule has 0 saturated heterocycles. The van der Waals surface area contributed by atoms with E-state index in [-0.39, 0.29) is 0 Å². The third kappa shape index (κ3) is 3.32. The lowest BCUT2D eigenvalue weighted by molar-refractivity contribution is 0.298.